The van der Waals surface area contributed by atoms with Gasteiger partial charge >= 0.3 is 0 Å². The Hall–Kier alpha value is -0.260. The molecule has 0 aromatic carbocycles. The van der Waals surface area contributed by atoms with Gasteiger partial charge in [-0.05, 0) is 23.7 Å². The van der Waals surface area contributed by atoms with Crippen LogP contribution in [0.15, 0.2) is 12.2 Å². The molecule has 0 nitrogen and oxygen atoms in total. The molecule has 0 amide bonds. The Morgan fingerprint density at radius 2 is 1.73 bits per heavy atom. The van der Waals surface area contributed by atoms with Crippen LogP contribution in [0.3, 0.4) is 0 Å². The minimum atomic E-state index is 0.461. The molecule has 0 radical (unpaired) electrons. The Kier molecular flexibility index (Phi) is 1.90. The number of hydrogen-bond donors (Lipinski definition) is 0. The maximum Gasteiger partial charge on any atom is -0.00225 e. The molecule has 0 heterocycles. The first-order valence-electron chi connectivity index (χ1n) is 4.72. The third kappa shape index (κ3) is 0.881. The van der Waals surface area contributed by atoms with Crippen molar-refractivity contribution in [1.82, 2.24) is 0 Å². The van der Waals surface area contributed by atoms with Gasteiger partial charge in [0.2, 0.25) is 0 Å². The second-order valence-corrected chi connectivity index (χ2v) is 4.25. The molecule has 64 valence electrons. The van der Waals surface area contributed by atoms with E-state index in [9.17, 15) is 0 Å². The molecule has 1 saturated carbocycles. The van der Waals surface area contributed by atoms with Gasteiger partial charge in [-0.2, -0.15) is 0 Å². The van der Waals surface area contributed by atoms with Crippen molar-refractivity contribution in [3.05, 3.63) is 12.2 Å². The molecular weight excluding hydrogens is 132 g/mol. The molecule has 0 aromatic heterocycles. The zero-order valence-corrected chi connectivity index (χ0v) is 8.33. The van der Waals surface area contributed by atoms with E-state index in [0.29, 0.717) is 10.8 Å². The quantitative estimate of drug-likeness (QED) is 0.540. The van der Waals surface area contributed by atoms with E-state index in [1.165, 1.54) is 24.8 Å². The number of allylic oxidation sites excluding steroid dienone is 1. The van der Waals surface area contributed by atoms with E-state index in [0.717, 1.165) is 0 Å². The first-order valence-corrected chi connectivity index (χ1v) is 4.72. The molecule has 1 fully saturated rings. The second kappa shape index (κ2) is 2.36. The summed E-state index contributed by atoms with van der Waals surface area (Å²) in [6.07, 6.45) is 3.85. The molecule has 0 saturated heterocycles. The van der Waals surface area contributed by atoms with Gasteiger partial charge in [0, 0.05) is 0 Å². The summed E-state index contributed by atoms with van der Waals surface area (Å²) in [7, 11) is 0. The molecule has 0 N–H and O–H groups in total. The van der Waals surface area contributed by atoms with Crippen molar-refractivity contribution in [2.45, 2.75) is 47.0 Å². The standard InChI is InChI=1S/C11H20/c1-6-8-11(5)9(3)10(11,4)7-2/h3,6-8H2,1-2,4-5H3. The molecule has 0 aromatic rings. The van der Waals surface area contributed by atoms with Gasteiger partial charge in [-0.3, -0.25) is 0 Å². The van der Waals surface area contributed by atoms with Gasteiger partial charge in [-0.15, -0.1) is 0 Å². The van der Waals surface area contributed by atoms with E-state index >= 15 is 0 Å². The van der Waals surface area contributed by atoms with Gasteiger partial charge in [0.05, 0.1) is 0 Å². The van der Waals surface area contributed by atoms with E-state index in [-0.39, 0.29) is 0 Å². The topological polar surface area (TPSA) is 0 Å². The van der Waals surface area contributed by atoms with Gasteiger partial charge in [0.25, 0.3) is 0 Å². The van der Waals surface area contributed by atoms with Crippen molar-refractivity contribution >= 4 is 0 Å². The Balaban J connectivity index is 2.71. The van der Waals surface area contributed by atoms with Gasteiger partial charge in [-0.1, -0.05) is 46.3 Å². The number of rotatable bonds is 3. The van der Waals surface area contributed by atoms with E-state index in [1.807, 2.05) is 0 Å². The Labute approximate surface area is 70.7 Å². The SMILES string of the molecule is C=C1C(C)(CC)C1(C)CCC. The average Bonchev–Trinajstić information content (AvgIpc) is 2.39. The molecule has 2 atom stereocenters. The molecule has 11 heavy (non-hydrogen) atoms. The fourth-order valence-corrected chi connectivity index (χ4v) is 2.45. The molecule has 1 aliphatic rings. The predicted octanol–water partition coefficient (Wildman–Crippen LogP) is 3.78. The lowest BCUT2D eigenvalue weighted by Gasteiger charge is -2.13. The molecule has 0 aliphatic heterocycles. The number of hydrogen-bond acceptors (Lipinski definition) is 0. The van der Waals surface area contributed by atoms with Crippen LogP contribution in [0.5, 0.6) is 0 Å². The van der Waals surface area contributed by atoms with E-state index < -0.39 is 0 Å². The molecule has 2 unspecified atom stereocenters. The largest absolute Gasteiger partial charge is 0.0987 e. The van der Waals surface area contributed by atoms with Gasteiger partial charge in [0.1, 0.15) is 0 Å². The fraction of sp³-hybridized carbons (Fsp3) is 0.818. The molecule has 0 bridgehead atoms. The van der Waals surface area contributed by atoms with Crippen molar-refractivity contribution in [3.8, 4) is 0 Å². The molecule has 0 spiro atoms. The first kappa shape index (κ1) is 8.83. The highest BCUT2D eigenvalue weighted by molar-refractivity contribution is 5.41. The lowest BCUT2D eigenvalue weighted by Crippen LogP contribution is -2.05. The molecule has 1 rings (SSSR count). The van der Waals surface area contributed by atoms with Crippen molar-refractivity contribution in [2.75, 3.05) is 0 Å². The molecular formula is C11H20. The zero-order valence-electron chi connectivity index (χ0n) is 8.33. The van der Waals surface area contributed by atoms with E-state index in [2.05, 4.69) is 34.3 Å². The third-order valence-corrected chi connectivity index (χ3v) is 3.94. The Morgan fingerprint density at radius 1 is 1.18 bits per heavy atom. The van der Waals surface area contributed by atoms with Crippen LogP contribution >= 0.6 is 0 Å². The van der Waals surface area contributed by atoms with Crippen LogP contribution in [-0.4, -0.2) is 0 Å². The third-order valence-electron chi connectivity index (χ3n) is 3.94. The van der Waals surface area contributed by atoms with Gasteiger partial charge in [-0.25, -0.2) is 0 Å². The summed E-state index contributed by atoms with van der Waals surface area (Å²) < 4.78 is 0. The van der Waals surface area contributed by atoms with Crippen molar-refractivity contribution in [1.29, 1.82) is 0 Å². The first-order chi connectivity index (χ1) is 5.03. The van der Waals surface area contributed by atoms with Crippen LogP contribution in [0.4, 0.5) is 0 Å². The van der Waals surface area contributed by atoms with Crippen LogP contribution in [0.2, 0.25) is 0 Å². The van der Waals surface area contributed by atoms with Crippen LogP contribution in [0.25, 0.3) is 0 Å². The lowest BCUT2D eigenvalue weighted by atomic mass is 9.90. The lowest BCUT2D eigenvalue weighted by molar-refractivity contribution is 0.352. The zero-order chi connectivity index (χ0) is 8.70. The van der Waals surface area contributed by atoms with Crippen LogP contribution in [-0.2, 0) is 0 Å². The van der Waals surface area contributed by atoms with Crippen molar-refractivity contribution in [2.24, 2.45) is 10.8 Å². The maximum absolute atomic E-state index is 4.16. The summed E-state index contributed by atoms with van der Waals surface area (Å²) in [4.78, 5) is 0. The van der Waals surface area contributed by atoms with E-state index in [1.54, 1.807) is 0 Å². The highest BCUT2D eigenvalue weighted by Gasteiger charge is 2.62. The minimum absolute atomic E-state index is 0.461. The summed E-state index contributed by atoms with van der Waals surface area (Å²) in [5, 5.41) is 0. The smallest absolute Gasteiger partial charge is 0.00225 e. The maximum atomic E-state index is 4.16. The van der Waals surface area contributed by atoms with Crippen LogP contribution in [0.1, 0.15) is 47.0 Å². The summed E-state index contributed by atoms with van der Waals surface area (Å²) >= 11 is 0. The summed E-state index contributed by atoms with van der Waals surface area (Å²) in [5.74, 6) is 0. The normalized spacial score (nSPS) is 42.7. The van der Waals surface area contributed by atoms with Crippen LogP contribution < -0.4 is 0 Å². The van der Waals surface area contributed by atoms with Crippen molar-refractivity contribution in [3.63, 3.8) is 0 Å². The van der Waals surface area contributed by atoms with Crippen molar-refractivity contribution < 1.29 is 0 Å². The van der Waals surface area contributed by atoms with Gasteiger partial charge in [0.15, 0.2) is 0 Å². The summed E-state index contributed by atoms with van der Waals surface area (Å²) in [6, 6.07) is 0. The average molecular weight is 152 g/mol. The minimum Gasteiger partial charge on any atom is -0.0987 e. The highest BCUT2D eigenvalue weighted by Crippen LogP contribution is 2.71. The van der Waals surface area contributed by atoms with E-state index in [4.69, 9.17) is 0 Å². The Morgan fingerprint density at radius 3 is 2.00 bits per heavy atom. The second-order valence-electron chi connectivity index (χ2n) is 4.25. The summed E-state index contributed by atoms with van der Waals surface area (Å²) in [5.41, 5.74) is 2.41. The van der Waals surface area contributed by atoms with Gasteiger partial charge < -0.3 is 0 Å². The van der Waals surface area contributed by atoms with Crippen LogP contribution in [0, 0.1) is 10.8 Å². The fourth-order valence-electron chi connectivity index (χ4n) is 2.45. The molecule has 0 heteroatoms. The highest BCUT2D eigenvalue weighted by atomic mass is 14.7. The monoisotopic (exact) mass is 152 g/mol. The predicted molar refractivity (Wildman–Crippen MR) is 50.6 cm³/mol. The Bertz CT molecular complexity index is 180. The molecule has 1 aliphatic carbocycles. The summed E-state index contributed by atoms with van der Waals surface area (Å²) in [6.45, 7) is 13.4.